The zero-order valence-electron chi connectivity index (χ0n) is 17.2. The second kappa shape index (κ2) is 9.90. The smallest absolute Gasteiger partial charge is 0.250 e. The predicted molar refractivity (Wildman–Crippen MR) is 122 cm³/mol. The Kier molecular flexibility index (Phi) is 7.28. The van der Waals surface area contributed by atoms with Crippen LogP contribution in [0.25, 0.3) is 11.4 Å². The molecule has 0 spiro atoms. The minimum absolute atomic E-state index is 0.149. The van der Waals surface area contributed by atoms with Crippen molar-refractivity contribution < 1.29 is 9.59 Å². The van der Waals surface area contributed by atoms with Crippen molar-refractivity contribution in [3.63, 3.8) is 0 Å². The van der Waals surface area contributed by atoms with E-state index < -0.39 is 5.91 Å². The highest BCUT2D eigenvalue weighted by Gasteiger charge is 2.18. The molecular formula is C21H25N5O2S2. The second-order valence-corrected chi connectivity index (χ2v) is 8.98. The second-order valence-electron chi connectivity index (χ2n) is 7.10. The third kappa shape index (κ3) is 5.09. The van der Waals surface area contributed by atoms with Gasteiger partial charge in [-0.05, 0) is 30.5 Å². The number of para-hydroxylation sites is 1. The lowest BCUT2D eigenvalue weighted by Crippen LogP contribution is -2.19. The number of nitrogens with zero attached hydrogens (tertiary/aromatic N) is 3. The van der Waals surface area contributed by atoms with Crippen LogP contribution in [0.3, 0.4) is 0 Å². The van der Waals surface area contributed by atoms with E-state index in [-0.39, 0.29) is 17.2 Å². The maximum absolute atomic E-state index is 12.4. The van der Waals surface area contributed by atoms with Crippen LogP contribution in [0.15, 0.2) is 40.9 Å². The minimum Gasteiger partial charge on any atom is -0.366 e. The Morgan fingerprint density at radius 3 is 2.70 bits per heavy atom. The molecule has 1 aromatic carbocycles. The molecule has 2 amide bonds. The van der Waals surface area contributed by atoms with Gasteiger partial charge in [0, 0.05) is 22.4 Å². The van der Waals surface area contributed by atoms with Gasteiger partial charge in [0.05, 0.1) is 17.0 Å². The number of carbonyl (C=O) groups excluding carboxylic acids is 2. The van der Waals surface area contributed by atoms with E-state index in [1.54, 1.807) is 35.6 Å². The van der Waals surface area contributed by atoms with E-state index >= 15 is 0 Å². The molecule has 0 saturated carbocycles. The number of rotatable bonds is 9. The third-order valence-electron chi connectivity index (χ3n) is 4.41. The number of anilines is 1. The quantitative estimate of drug-likeness (QED) is 0.478. The molecular weight excluding hydrogens is 418 g/mol. The number of benzene rings is 1. The number of carbonyl (C=O) groups is 2. The largest absolute Gasteiger partial charge is 0.366 e. The number of primary amides is 1. The lowest BCUT2D eigenvalue weighted by atomic mass is 10.1. The fraction of sp³-hybridized carbons (Fsp3) is 0.333. The zero-order chi connectivity index (χ0) is 21.7. The molecule has 0 aliphatic carbocycles. The van der Waals surface area contributed by atoms with E-state index in [2.05, 4.69) is 52.3 Å². The number of amides is 2. The Bertz CT molecular complexity index is 1040. The molecule has 0 aliphatic rings. The van der Waals surface area contributed by atoms with Crippen molar-refractivity contribution in [2.24, 2.45) is 5.73 Å². The molecule has 0 unspecified atom stereocenters. The molecule has 0 radical (unpaired) electrons. The summed E-state index contributed by atoms with van der Waals surface area (Å²) in [7, 11) is 0. The zero-order valence-corrected chi connectivity index (χ0v) is 18.8. The first kappa shape index (κ1) is 22.0. The molecule has 7 nitrogen and oxygen atoms in total. The number of aromatic nitrogens is 3. The van der Waals surface area contributed by atoms with Crippen LogP contribution >= 0.6 is 23.1 Å². The van der Waals surface area contributed by atoms with Crippen LogP contribution in [-0.2, 0) is 11.3 Å². The van der Waals surface area contributed by atoms with Crippen LogP contribution in [0.1, 0.15) is 48.3 Å². The molecule has 158 valence electrons. The highest BCUT2D eigenvalue weighted by molar-refractivity contribution is 7.99. The van der Waals surface area contributed by atoms with E-state index in [1.165, 1.54) is 16.6 Å². The summed E-state index contributed by atoms with van der Waals surface area (Å²) in [5, 5.41) is 14.3. The summed E-state index contributed by atoms with van der Waals surface area (Å²) < 4.78 is 2.06. The summed E-state index contributed by atoms with van der Waals surface area (Å²) in [4.78, 5) is 25.3. The summed E-state index contributed by atoms with van der Waals surface area (Å²) >= 11 is 3.04. The van der Waals surface area contributed by atoms with E-state index in [0.717, 1.165) is 24.4 Å². The maximum atomic E-state index is 12.4. The molecule has 3 aromatic rings. The number of hydrogen-bond acceptors (Lipinski definition) is 6. The molecule has 0 saturated heterocycles. The molecule has 2 aromatic heterocycles. The van der Waals surface area contributed by atoms with Crippen LogP contribution in [-0.4, -0.2) is 32.3 Å². The predicted octanol–water partition coefficient (Wildman–Crippen LogP) is 4.37. The topological polar surface area (TPSA) is 103 Å². The number of nitrogens with one attached hydrogen (secondary N) is 1. The average Bonchev–Trinajstić information content (AvgIpc) is 3.34. The van der Waals surface area contributed by atoms with Crippen LogP contribution < -0.4 is 11.1 Å². The molecule has 3 N–H and O–H groups in total. The maximum Gasteiger partial charge on any atom is 0.250 e. The Hall–Kier alpha value is -2.65. The molecule has 0 aliphatic heterocycles. The summed E-state index contributed by atoms with van der Waals surface area (Å²) in [6.45, 7) is 7.20. The van der Waals surface area contributed by atoms with Crippen LogP contribution in [0, 0.1) is 0 Å². The van der Waals surface area contributed by atoms with Gasteiger partial charge < -0.3 is 15.6 Å². The molecule has 0 bridgehead atoms. The number of thiophene rings is 1. The van der Waals surface area contributed by atoms with Crippen molar-refractivity contribution in [3.05, 3.63) is 46.2 Å². The molecule has 0 atom stereocenters. The Morgan fingerprint density at radius 1 is 1.27 bits per heavy atom. The van der Waals surface area contributed by atoms with Gasteiger partial charge in [-0.3, -0.25) is 9.59 Å². The van der Waals surface area contributed by atoms with Crippen molar-refractivity contribution in [2.75, 3.05) is 11.1 Å². The van der Waals surface area contributed by atoms with E-state index in [4.69, 9.17) is 5.73 Å². The van der Waals surface area contributed by atoms with Crippen molar-refractivity contribution in [1.82, 2.24) is 14.8 Å². The molecule has 0 fully saturated rings. The Morgan fingerprint density at radius 2 is 2.03 bits per heavy atom. The minimum atomic E-state index is -0.581. The van der Waals surface area contributed by atoms with E-state index in [9.17, 15) is 9.59 Å². The fourth-order valence-electron chi connectivity index (χ4n) is 2.93. The molecule has 3 rings (SSSR count). The SMILES string of the molecule is CCCn1c(SCC(=O)Nc2ccccc2C(N)=O)nnc1-c1csc(C(C)C)c1. The number of thioether (sulfide) groups is 1. The lowest BCUT2D eigenvalue weighted by Gasteiger charge is -2.10. The van der Waals surface area contributed by atoms with Gasteiger partial charge in [0.15, 0.2) is 11.0 Å². The Labute approximate surface area is 184 Å². The van der Waals surface area contributed by atoms with Crippen LogP contribution in [0.5, 0.6) is 0 Å². The van der Waals surface area contributed by atoms with Gasteiger partial charge in [0.25, 0.3) is 5.91 Å². The summed E-state index contributed by atoms with van der Waals surface area (Å²) in [5.74, 6) is 0.617. The fourth-order valence-corrected chi connectivity index (χ4v) is 4.60. The molecule has 30 heavy (non-hydrogen) atoms. The van der Waals surface area contributed by atoms with Crippen molar-refractivity contribution in [1.29, 1.82) is 0 Å². The van der Waals surface area contributed by atoms with Crippen molar-refractivity contribution in [3.8, 4) is 11.4 Å². The highest BCUT2D eigenvalue weighted by Crippen LogP contribution is 2.31. The van der Waals surface area contributed by atoms with Gasteiger partial charge in [-0.2, -0.15) is 0 Å². The summed E-state index contributed by atoms with van der Waals surface area (Å²) in [5.41, 5.74) is 7.11. The summed E-state index contributed by atoms with van der Waals surface area (Å²) in [6, 6.07) is 8.85. The van der Waals surface area contributed by atoms with Gasteiger partial charge in [-0.1, -0.05) is 44.7 Å². The van der Waals surface area contributed by atoms with Crippen LogP contribution in [0.4, 0.5) is 5.69 Å². The molecule has 2 heterocycles. The normalized spacial score (nSPS) is 11.1. The van der Waals surface area contributed by atoms with Gasteiger partial charge >= 0.3 is 0 Å². The average molecular weight is 444 g/mol. The number of nitrogens with two attached hydrogens (primary N) is 1. The Balaban J connectivity index is 1.73. The van der Waals surface area contributed by atoms with Gasteiger partial charge in [-0.15, -0.1) is 21.5 Å². The van der Waals surface area contributed by atoms with Gasteiger partial charge in [0.2, 0.25) is 5.91 Å². The monoisotopic (exact) mass is 443 g/mol. The van der Waals surface area contributed by atoms with Gasteiger partial charge in [-0.25, -0.2) is 0 Å². The first-order valence-corrected chi connectivity index (χ1v) is 11.6. The highest BCUT2D eigenvalue weighted by atomic mass is 32.2. The van der Waals surface area contributed by atoms with Crippen LogP contribution in [0.2, 0.25) is 0 Å². The third-order valence-corrected chi connectivity index (χ3v) is 6.61. The molecule has 9 heteroatoms. The number of hydrogen-bond donors (Lipinski definition) is 2. The van der Waals surface area contributed by atoms with Gasteiger partial charge in [0.1, 0.15) is 0 Å². The summed E-state index contributed by atoms with van der Waals surface area (Å²) in [6.07, 6.45) is 0.929. The standard InChI is InChI=1S/C21H25N5O2S2/c1-4-9-26-20(14-10-17(13(2)3)29-11-14)24-25-21(26)30-12-18(27)23-16-8-6-5-7-15(16)19(22)28/h5-8,10-11,13H,4,9,12H2,1-3H3,(H2,22,28)(H,23,27). The van der Waals surface area contributed by atoms with Crippen molar-refractivity contribution >= 4 is 40.6 Å². The van der Waals surface area contributed by atoms with E-state index in [0.29, 0.717) is 16.8 Å². The lowest BCUT2D eigenvalue weighted by molar-refractivity contribution is -0.113. The first-order chi connectivity index (χ1) is 14.4. The van der Waals surface area contributed by atoms with E-state index in [1.807, 2.05) is 0 Å². The first-order valence-electron chi connectivity index (χ1n) is 9.74. The van der Waals surface area contributed by atoms with Crippen molar-refractivity contribution in [2.45, 2.75) is 44.8 Å².